The number of rotatable bonds is 3. The predicted molar refractivity (Wildman–Crippen MR) is 67.0 cm³/mol. The highest BCUT2D eigenvalue weighted by Gasteiger charge is 2.10. The Morgan fingerprint density at radius 3 is 2.94 bits per heavy atom. The summed E-state index contributed by atoms with van der Waals surface area (Å²) in [6.07, 6.45) is -0.00906. The molecule has 0 saturated carbocycles. The third kappa shape index (κ3) is 2.82. The first-order valence-corrected chi connectivity index (χ1v) is 6.25. The maximum atomic E-state index is 10.0. The molecular weight excluding hydrogens is 242 g/mol. The molecule has 0 bridgehead atoms. The van der Waals surface area contributed by atoms with Gasteiger partial charge >= 0.3 is 0 Å². The minimum absolute atomic E-state index is 0.532. The monoisotopic (exact) mass is 253 g/mol. The second-order valence-electron chi connectivity index (χ2n) is 3.63. The number of thiazole rings is 1. The van der Waals surface area contributed by atoms with Crippen LogP contribution in [0.3, 0.4) is 0 Å². The average Bonchev–Trinajstić information content (AvgIpc) is 2.64. The molecule has 1 unspecified atom stereocenters. The third-order valence-corrected chi connectivity index (χ3v) is 3.36. The van der Waals surface area contributed by atoms with Crippen LogP contribution in [0, 0.1) is 6.92 Å². The van der Waals surface area contributed by atoms with E-state index in [0.717, 1.165) is 16.3 Å². The molecule has 2 aromatic rings. The molecule has 1 heterocycles. The number of aromatic nitrogens is 1. The molecule has 0 aliphatic heterocycles. The van der Waals surface area contributed by atoms with E-state index in [-0.39, 0.29) is 0 Å². The van der Waals surface area contributed by atoms with Crippen molar-refractivity contribution >= 4 is 22.9 Å². The van der Waals surface area contributed by atoms with Crippen molar-refractivity contribution in [2.75, 3.05) is 0 Å². The molecule has 0 spiro atoms. The van der Waals surface area contributed by atoms with Crippen molar-refractivity contribution < 1.29 is 5.11 Å². The first-order valence-electron chi connectivity index (χ1n) is 4.99. The third-order valence-electron chi connectivity index (χ3n) is 2.30. The molecule has 1 N–H and O–H groups in total. The fourth-order valence-corrected chi connectivity index (χ4v) is 2.36. The van der Waals surface area contributed by atoms with Crippen molar-refractivity contribution in [3.63, 3.8) is 0 Å². The van der Waals surface area contributed by atoms with Gasteiger partial charge in [-0.1, -0.05) is 23.7 Å². The van der Waals surface area contributed by atoms with E-state index < -0.39 is 6.10 Å². The van der Waals surface area contributed by atoms with E-state index >= 15 is 0 Å². The van der Waals surface area contributed by atoms with Gasteiger partial charge in [0.15, 0.2) is 0 Å². The van der Waals surface area contributed by atoms with E-state index in [1.165, 1.54) is 0 Å². The Morgan fingerprint density at radius 2 is 2.31 bits per heavy atom. The second kappa shape index (κ2) is 4.95. The van der Waals surface area contributed by atoms with Crippen LogP contribution in [-0.2, 0) is 6.42 Å². The van der Waals surface area contributed by atoms with Gasteiger partial charge in [0.1, 0.15) is 0 Å². The van der Waals surface area contributed by atoms with Gasteiger partial charge in [-0.3, -0.25) is 0 Å². The highest BCUT2D eigenvalue weighted by atomic mass is 35.5. The quantitative estimate of drug-likeness (QED) is 0.910. The van der Waals surface area contributed by atoms with E-state index in [1.54, 1.807) is 23.5 Å². The summed E-state index contributed by atoms with van der Waals surface area (Å²) >= 11 is 7.47. The second-order valence-corrected chi connectivity index (χ2v) is 5.13. The number of nitrogens with zero attached hydrogens (tertiary/aromatic N) is 1. The van der Waals surface area contributed by atoms with Crippen LogP contribution in [0.15, 0.2) is 29.6 Å². The minimum atomic E-state index is -0.541. The summed E-state index contributed by atoms with van der Waals surface area (Å²) in [5.41, 5.74) is 1.76. The molecule has 0 aliphatic rings. The summed E-state index contributed by atoms with van der Waals surface area (Å²) in [5.74, 6) is 0. The molecule has 1 atom stereocenters. The normalized spacial score (nSPS) is 12.7. The highest BCUT2D eigenvalue weighted by molar-refractivity contribution is 7.09. The highest BCUT2D eigenvalue weighted by Crippen LogP contribution is 2.21. The number of hydrogen-bond donors (Lipinski definition) is 1. The lowest BCUT2D eigenvalue weighted by Gasteiger charge is -2.09. The van der Waals surface area contributed by atoms with Gasteiger partial charge in [0.05, 0.1) is 16.8 Å². The maximum absolute atomic E-state index is 10.0. The van der Waals surface area contributed by atoms with Gasteiger partial charge in [0.2, 0.25) is 0 Å². The van der Waals surface area contributed by atoms with Crippen LogP contribution in [0.1, 0.15) is 22.4 Å². The molecular formula is C12H12ClNOS. The summed E-state index contributed by atoms with van der Waals surface area (Å²) < 4.78 is 0. The van der Waals surface area contributed by atoms with Gasteiger partial charge < -0.3 is 5.11 Å². The zero-order valence-corrected chi connectivity index (χ0v) is 10.4. The van der Waals surface area contributed by atoms with E-state index in [2.05, 4.69) is 4.98 Å². The predicted octanol–water partition coefficient (Wildman–Crippen LogP) is 3.38. The maximum Gasteiger partial charge on any atom is 0.0897 e. The first-order chi connectivity index (χ1) is 7.65. The minimum Gasteiger partial charge on any atom is -0.388 e. The van der Waals surface area contributed by atoms with Crippen LogP contribution in [0.5, 0.6) is 0 Å². The van der Waals surface area contributed by atoms with Crippen molar-refractivity contribution in [3.8, 4) is 0 Å². The first kappa shape index (κ1) is 11.6. The van der Waals surface area contributed by atoms with Gasteiger partial charge in [-0.05, 0) is 24.6 Å². The van der Waals surface area contributed by atoms with Crippen LogP contribution in [0.4, 0.5) is 0 Å². The fraction of sp³-hybridized carbons (Fsp3) is 0.250. The molecule has 1 aromatic carbocycles. The molecule has 0 radical (unpaired) electrons. The van der Waals surface area contributed by atoms with Gasteiger partial charge in [0.25, 0.3) is 0 Å². The number of hydrogen-bond acceptors (Lipinski definition) is 3. The van der Waals surface area contributed by atoms with E-state index in [0.29, 0.717) is 11.4 Å². The fourth-order valence-electron chi connectivity index (χ4n) is 1.53. The molecule has 2 rings (SSSR count). The zero-order chi connectivity index (χ0) is 11.5. The van der Waals surface area contributed by atoms with Crippen molar-refractivity contribution in [2.24, 2.45) is 0 Å². The number of halogens is 1. The van der Waals surface area contributed by atoms with Crippen LogP contribution < -0.4 is 0 Å². The summed E-state index contributed by atoms with van der Waals surface area (Å²) in [6.45, 7) is 1.96. The summed E-state index contributed by atoms with van der Waals surface area (Å²) in [4.78, 5) is 4.32. The lowest BCUT2D eigenvalue weighted by atomic mass is 10.1. The molecule has 1 aromatic heterocycles. The van der Waals surface area contributed by atoms with Crippen molar-refractivity contribution in [2.45, 2.75) is 19.4 Å². The Balaban J connectivity index is 2.11. The molecule has 84 valence electrons. The summed E-state index contributed by atoms with van der Waals surface area (Å²) in [5, 5.41) is 13.7. The van der Waals surface area contributed by atoms with Gasteiger partial charge in [0, 0.05) is 16.8 Å². The molecule has 0 saturated heterocycles. The van der Waals surface area contributed by atoms with Crippen molar-refractivity contribution in [1.29, 1.82) is 0 Å². The van der Waals surface area contributed by atoms with Crippen LogP contribution >= 0.6 is 22.9 Å². The van der Waals surface area contributed by atoms with Crippen LogP contribution in [-0.4, -0.2) is 10.1 Å². The van der Waals surface area contributed by atoms with Crippen molar-refractivity contribution in [1.82, 2.24) is 4.98 Å². The number of aliphatic hydroxyl groups is 1. The molecule has 16 heavy (non-hydrogen) atoms. The van der Waals surface area contributed by atoms with Crippen LogP contribution in [0.25, 0.3) is 0 Å². The Labute approximate surface area is 104 Å². The Hall–Kier alpha value is -0.900. The Bertz CT molecular complexity index is 483. The standard InChI is InChI=1S/C12H12ClNOS/c1-8-14-11(7-16-8)6-12(15)9-3-2-4-10(13)5-9/h2-5,7,12,15H,6H2,1H3. The lowest BCUT2D eigenvalue weighted by Crippen LogP contribution is -2.01. The number of aryl methyl sites for hydroxylation is 1. The van der Waals surface area contributed by atoms with Gasteiger partial charge in [-0.2, -0.15) is 0 Å². The number of aliphatic hydroxyl groups excluding tert-OH is 1. The lowest BCUT2D eigenvalue weighted by molar-refractivity contribution is 0.177. The average molecular weight is 254 g/mol. The topological polar surface area (TPSA) is 33.1 Å². The SMILES string of the molecule is Cc1nc(CC(O)c2cccc(Cl)c2)cs1. The van der Waals surface area contributed by atoms with E-state index in [9.17, 15) is 5.11 Å². The smallest absolute Gasteiger partial charge is 0.0897 e. The molecule has 4 heteroatoms. The van der Waals surface area contributed by atoms with Gasteiger partial charge in [-0.15, -0.1) is 11.3 Å². The summed E-state index contributed by atoms with van der Waals surface area (Å²) in [6, 6.07) is 7.29. The Morgan fingerprint density at radius 1 is 1.50 bits per heavy atom. The Kier molecular flexibility index (Phi) is 3.59. The molecule has 0 aliphatic carbocycles. The van der Waals surface area contributed by atoms with Crippen molar-refractivity contribution in [3.05, 3.63) is 50.9 Å². The van der Waals surface area contributed by atoms with E-state index in [4.69, 9.17) is 11.6 Å². The molecule has 0 fully saturated rings. The summed E-state index contributed by atoms with van der Waals surface area (Å²) in [7, 11) is 0. The zero-order valence-electron chi connectivity index (χ0n) is 8.85. The number of benzene rings is 1. The van der Waals surface area contributed by atoms with Gasteiger partial charge in [-0.25, -0.2) is 4.98 Å². The van der Waals surface area contributed by atoms with Crippen LogP contribution in [0.2, 0.25) is 5.02 Å². The van der Waals surface area contributed by atoms with E-state index in [1.807, 2.05) is 24.4 Å². The molecule has 2 nitrogen and oxygen atoms in total. The largest absolute Gasteiger partial charge is 0.388 e. The molecule has 0 amide bonds.